The number of benzene rings is 2. The number of anilines is 1. The van der Waals surface area contributed by atoms with Crippen LogP contribution in [0.25, 0.3) is 0 Å². The lowest BCUT2D eigenvalue weighted by Gasteiger charge is -2.08. The van der Waals surface area contributed by atoms with E-state index in [9.17, 15) is 22.4 Å². The molecule has 0 unspecified atom stereocenters. The molecular weight excluding hydrogens is 290 g/mol. The SMILES string of the molecule is O=C(Nc1cccc(CO)c1)c1cc(F)c(F)c(F)c1F. The maximum atomic E-state index is 13.5. The number of aliphatic hydroxyl groups excluding tert-OH is 1. The van der Waals surface area contributed by atoms with Gasteiger partial charge in [-0.05, 0) is 23.8 Å². The van der Waals surface area contributed by atoms with Crippen molar-refractivity contribution in [2.75, 3.05) is 5.32 Å². The first kappa shape index (κ1) is 15.0. The average Bonchev–Trinajstić information content (AvgIpc) is 2.48. The highest BCUT2D eigenvalue weighted by molar-refractivity contribution is 6.04. The molecule has 2 rings (SSSR count). The molecule has 0 atom stereocenters. The molecule has 0 aliphatic heterocycles. The predicted molar refractivity (Wildman–Crippen MR) is 66.6 cm³/mol. The molecule has 2 N–H and O–H groups in total. The summed E-state index contributed by atoms with van der Waals surface area (Å²) in [7, 11) is 0. The molecule has 0 saturated heterocycles. The Bertz CT molecular complexity index is 704. The summed E-state index contributed by atoms with van der Waals surface area (Å²) < 4.78 is 52.4. The third-order valence-corrected chi connectivity index (χ3v) is 2.71. The first-order valence-corrected chi connectivity index (χ1v) is 5.78. The number of carbonyl (C=O) groups excluding carboxylic acids is 1. The molecule has 110 valence electrons. The van der Waals surface area contributed by atoms with Crippen LogP contribution in [0.15, 0.2) is 30.3 Å². The van der Waals surface area contributed by atoms with E-state index in [4.69, 9.17) is 5.11 Å². The maximum Gasteiger partial charge on any atom is 0.258 e. The largest absolute Gasteiger partial charge is 0.392 e. The van der Waals surface area contributed by atoms with Crippen LogP contribution in [0, 0.1) is 23.3 Å². The van der Waals surface area contributed by atoms with Crippen LogP contribution in [0.5, 0.6) is 0 Å². The fourth-order valence-corrected chi connectivity index (χ4v) is 1.68. The van der Waals surface area contributed by atoms with Crippen LogP contribution in [0.1, 0.15) is 15.9 Å². The second-order valence-electron chi connectivity index (χ2n) is 4.16. The van der Waals surface area contributed by atoms with E-state index in [1.165, 1.54) is 18.2 Å². The molecule has 3 nitrogen and oxygen atoms in total. The van der Waals surface area contributed by atoms with Crippen LogP contribution in [0.3, 0.4) is 0 Å². The molecule has 7 heteroatoms. The van der Waals surface area contributed by atoms with E-state index >= 15 is 0 Å². The molecule has 0 fully saturated rings. The van der Waals surface area contributed by atoms with E-state index in [1.807, 2.05) is 0 Å². The number of carbonyl (C=O) groups is 1. The van der Waals surface area contributed by atoms with Crippen molar-refractivity contribution in [3.05, 3.63) is 64.7 Å². The molecule has 0 aliphatic rings. The van der Waals surface area contributed by atoms with Crippen LogP contribution < -0.4 is 5.32 Å². The minimum absolute atomic E-state index is 0.191. The number of aliphatic hydroxyl groups is 1. The van der Waals surface area contributed by atoms with Gasteiger partial charge in [0.05, 0.1) is 12.2 Å². The standard InChI is InChI=1S/C14H9F4NO2/c15-10-5-9(11(16)13(18)12(10)17)14(21)19-8-3-1-2-7(4-8)6-20/h1-5,20H,6H2,(H,19,21). The van der Waals surface area contributed by atoms with Crippen LogP contribution in [0.2, 0.25) is 0 Å². The Morgan fingerprint density at radius 2 is 1.76 bits per heavy atom. The number of nitrogens with one attached hydrogen (secondary N) is 1. The quantitative estimate of drug-likeness (QED) is 0.520. The molecule has 2 aromatic carbocycles. The van der Waals surface area contributed by atoms with Crippen molar-refractivity contribution in [2.45, 2.75) is 6.61 Å². The monoisotopic (exact) mass is 299 g/mol. The van der Waals surface area contributed by atoms with Crippen molar-refractivity contribution in [2.24, 2.45) is 0 Å². The zero-order valence-corrected chi connectivity index (χ0v) is 10.5. The van der Waals surface area contributed by atoms with Crippen molar-refractivity contribution in [1.29, 1.82) is 0 Å². The maximum absolute atomic E-state index is 13.5. The summed E-state index contributed by atoms with van der Waals surface area (Å²) in [6.07, 6.45) is 0. The van der Waals surface area contributed by atoms with Gasteiger partial charge in [0.1, 0.15) is 0 Å². The van der Waals surface area contributed by atoms with Crippen LogP contribution in [0.4, 0.5) is 23.2 Å². The van der Waals surface area contributed by atoms with Gasteiger partial charge < -0.3 is 10.4 Å². The van der Waals surface area contributed by atoms with Gasteiger partial charge in [-0.2, -0.15) is 0 Å². The summed E-state index contributed by atoms with van der Waals surface area (Å²) >= 11 is 0. The molecule has 0 spiro atoms. The van der Waals surface area contributed by atoms with Gasteiger partial charge in [-0.3, -0.25) is 4.79 Å². The minimum atomic E-state index is -2.05. The van der Waals surface area contributed by atoms with Gasteiger partial charge in [0.15, 0.2) is 23.3 Å². The van der Waals surface area contributed by atoms with Crippen LogP contribution in [-0.4, -0.2) is 11.0 Å². The average molecular weight is 299 g/mol. The van der Waals surface area contributed by atoms with Gasteiger partial charge in [-0.25, -0.2) is 17.6 Å². The van der Waals surface area contributed by atoms with Crippen molar-refractivity contribution < 1.29 is 27.5 Å². The van der Waals surface area contributed by atoms with Gasteiger partial charge >= 0.3 is 0 Å². The number of halogens is 4. The number of rotatable bonds is 3. The van der Waals surface area contributed by atoms with E-state index in [2.05, 4.69) is 5.32 Å². The van der Waals surface area contributed by atoms with Crippen LogP contribution >= 0.6 is 0 Å². The van der Waals surface area contributed by atoms with Gasteiger partial charge in [0.25, 0.3) is 5.91 Å². The van der Waals surface area contributed by atoms with E-state index in [-0.39, 0.29) is 18.4 Å². The van der Waals surface area contributed by atoms with Gasteiger partial charge in [-0.1, -0.05) is 12.1 Å². The van der Waals surface area contributed by atoms with Crippen molar-refractivity contribution >= 4 is 11.6 Å². The zero-order chi connectivity index (χ0) is 15.6. The van der Waals surface area contributed by atoms with E-state index < -0.39 is 34.7 Å². The third kappa shape index (κ3) is 3.03. The Morgan fingerprint density at radius 3 is 2.43 bits per heavy atom. The number of hydrogen-bond donors (Lipinski definition) is 2. The normalized spacial score (nSPS) is 10.5. The van der Waals surface area contributed by atoms with Crippen molar-refractivity contribution in [1.82, 2.24) is 0 Å². The van der Waals surface area contributed by atoms with Crippen molar-refractivity contribution in [3.8, 4) is 0 Å². The highest BCUT2D eigenvalue weighted by Crippen LogP contribution is 2.20. The first-order chi connectivity index (χ1) is 9.93. The van der Waals surface area contributed by atoms with Gasteiger partial charge in [0, 0.05) is 5.69 Å². The summed E-state index contributed by atoms with van der Waals surface area (Å²) in [4.78, 5) is 11.8. The predicted octanol–water partition coefficient (Wildman–Crippen LogP) is 2.99. The molecule has 0 radical (unpaired) electrons. The fraction of sp³-hybridized carbons (Fsp3) is 0.0714. The highest BCUT2D eigenvalue weighted by atomic mass is 19.2. The molecule has 0 aromatic heterocycles. The lowest BCUT2D eigenvalue weighted by Crippen LogP contribution is -2.16. The highest BCUT2D eigenvalue weighted by Gasteiger charge is 2.23. The Balaban J connectivity index is 2.32. The minimum Gasteiger partial charge on any atom is -0.392 e. The molecule has 2 aromatic rings. The number of hydrogen-bond acceptors (Lipinski definition) is 2. The second kappa shape index (κ2) is 5.92. The van der Waals surface area contributed by atoms with Gasteiger partial charge in [0.2, 0.25) is 0 Å². The van der Waals surface area contributed by atoms with Crippen molar-refractivity contribution in [3.63, 3.8) is 0 Å². The summed E-state index contributed by atoms with van der Waals surface area (Å²) in [6, 6.07) is 6.20. The molecule has 21 heavy (non-hydrogen) atoms. The summed E-state index contributed by atoms with van der Waals surface area (Å²) in [6.45, 7) is -0.280. The van der Waals surface area contributed by atoms with Gasteiger partial charge in [-0.15, -0.1) is 0 Å². The zero-order valence-electron chi connectivity index (χ0n) is 10.5. The lowest BCUT2D eigenvalue weighted by molar-refractivity contribution is 0.102. The molecule has 0 bridgehead atoms. The van der Waals surface area contributed by atoms with E-state index in [1.54, 1.807) is 6.07 Å². The number of amides is 1. The molecular formula is C14H9F4NO2. The Hall–Kier alpha value is -2.41. The Morgan fingerprint density at radius 1 is 1.05 bits per heavy atom. The second-order valence-corrected chi connectivity index (χ2v) is 4.16. The molecule has 0 heterocycles. The summed E-state index contributed by atoms with van der Waals surface area (Å²) in [5.74, 6) is -8.61. The van der Waals surface area contributed by atoms with E-state index in [0.717, 1.165) is 0 Å². The summed E-state index contributed by atoms with van der Waals surface area (Å²) in [5, 5.41) is 11.1. The van der Waals surface area contributed by atoms with Crippen LogP contribution in [-0.2, 0) is 6.61 Å². The Kier molecular flexibility index (Phi) is 4.23. The molecule has 0 saturated carbocycles. The Labute approximate surface area is 116 Å². The third-order valence-electron chi connectivity index (χ3n) is 2.71. The smallest absolute Gasteiger partial charge is 0.258 e. The van der Waals surface area contributed by atoms with E-state index in [0.29, 0.717) is 5.56 Å². The molecule has 1 amide bonds. The molecule has 0 aliphatic carbocycles. The topological polar surface area (TPSA) is 49.3 Å². The summed E-state index contributed by atoms with van der Waals surface area (Å²) in [5.41, 5.74) is -0.290. The first-order valence-electron chi connectivity index (χ1n) is 5.78. The fourth-order valence-electron chi connectivity index (χ4n) is 1.68. The lowest BCUT2D eigenvalue weighted by atomic mass is 10.1.